The maximum atomic E-state index is 11.5. The Balaban J connectivity index is 2.06. The number of ether oxygens (including phenoxy) is 1. The number of carbonyl (C=O) groups is 1. The van der Waals surface area contributed by atoms with Crippen LogP contribution in [0, 0.1) is 0 Å². The van der Waals surface area contributed by atoms with Crippen LogP contribution in [0.15, 0.2) is 42.5 Å². The smallest absolute Gasteiger partial charge is 0.330 e. The molecule has 5 nitrogen and oxygen atoms in total. The van der Waals surface area contributed by atoms with Crippen LogP contribution in [-0.4, -0.2) is 42.0 Å². The van der Waals surface area contributed by atoms with E-state index in [2.05, 4.69) is 24.4 Å². The summed E-state index contributed by atoms with van der Waals surface area (Å²) in [6.07, 6.45) is 20.9. The fraction of sp³-hybridized carbons (Fsp3) is 0.593. The SMILES string of the molecule is CCCCCCCCCCC=CCCCNc1ccc(C=CC(=O)OCC(O)CO)cc1. The van der Waals surface area contributed by atoms with Crippen LogP contribution in [0.2, 0.25) is 0 Å². The summed E-state index contributed by atoms with van der Waals surface area (Å²) in [5, 5.41) is 21.3. The zero-order valence-corrected chi connectivity index (χ0v) is 19.8. The summed E-state index contributed by atoms with van der Waals surface area (Å²) < 4.78 is 4.82. The second kappa shape index (κ2) is 19.6. The predicted molar refractivity (Wildman–Crippen MR) is 134 cm³/mol. The highest BCUT2D eigenvalue weighted by molar-refractivity contribution is 5.87. The summed E-state index contributed by atoms with van der Waals surface area (Å²) >= 11 is 0. The van der Waals surface area contributed by atoms with E-state index in [1.54, 1.807) is 6.08 Å². The molecule has 1 aromatic carbocycles. The highest BCUT2D eigenvalue weighted by Gasteiger charge is 2.04. The average Bonchev–Trinajstić information content (AvgIpc) is 2.82. The molecule has 3 N–H and O–H groups in total. The maximum Gasteiger partial charge on any atom is 0.330 e. The van der Waals surface area contributed by atoms with Gasteiger partial charge in [0, 0.05) is 18.3 Å². The van der Waals surface area contributed by atoms with Crippen molar-refractivity contribution in [3.8, 4) is 0 Å². The van der Waals surface area contributed by atoms with Gasteiger partial charge in [0.05, 0.1) is 6.61 Å². The molecule has 0 aromatic heterocycles. The Morgan fingerprint density at radius 3 is 2.25 bits per heavy atom. The largest absolute Gasteiger partial charge is 0.460 e. The van der Waals surface area contributed by atoms with E-state index in [0.29, 0.717) is 0 Å². The van der Waals surface area contributed by atoms with Crippen molar-refractivity contribution < 1.29 is 19.7 Å². The lowest BCUT2D eigenvalue weighted by Gasteiger charge is -2.06. The molecule has 1 rings (SSSR count). The van der Waals surface area contributed by atoms with Crippen LogP contribution in [0.1, 0.15) is 83.1 Å². The van der Waals surface area contributed by atoms with E-state index in [0.717, 1.165) is 30.6 Å². The van der Waals surface area contributed by atoms with Gasteiger partial charge in [0.2, 0.25) is 0 Å². The van der Waals surface area contributed by atoms with Gasteiger partial charge in [-0.2, -0.15) is 0 Å². The summed E-state index contributed by atoms with van der Waals surface area (Å²) in [4.78, 5) is 11.5. The number of carbonyl (C=O) groups excluding carboxylic acids is 1. The van der Waals surface area contributed by atoms with Crippen LogP contribution in [0.5, 0.6) is 0 Å². The lowest BCUT2D eigenvalue weighted by Crippen LogP contribution is -2.21. The van der Waals surface area contributed by atoms with Crippen LogP contribution in [-0.2, 0) is 9.53 Å². The molecule has 0 saturated heterocycles. The van der Waals surface area contributed by atoms with Crippen molar-refractivity contribution in [2.24, 2.45) is 0 Å². The molecular formula is C27H43NO4. The van der Waals surface area contributed by atoms with Gasteiger partial charge in [0.1, 0.15) is 12.7 Å². The topological polar surface area (TPSA) is 78.8 Å². The Hall–Kier alpha value is -2.11. The Morgan fingerprint density at radius 1 is 0.969 bits per heavy atom. The van der Waals surface area contributed by atoms with Crippen LogP contribution in [0.4, 0.5) is 5.69 Å². The number of hydrogen-bond donors (Lipinski definition) is 3. The van der Waals surface area contributed by atoms with Gasteiger partial charge in [0.25, 0.3) is 0 Å². The third-order valence-corrected chi connectivity index (χ3v) is 5.22. The van der Waals surface area contributed by atoms with Crippen LogP contribution >= 0.6 is 0 Å². The van der Waals surface area contributed by atoms with Crippen LogP contribution in [0.25, 0.3) is 6.08 Å². The number of hydrogen-bond acceptors (Lipinski definition) is 5. The molecular weight excluding hydrogens is 402 g/mol. The Morgan fingerprint density at radius 2 is 1.59 bits per heavy atom. The van der Waals surface area contributed by atoms with Gasteiger partial charge in [-0.05, 0) is 49.5 Å². The third-order valence-electron chi connectivity index (χ3n) is 5.22. The first-order chi connectivity index (χ1) is 15.7. The molecule has 5 heteroatoms. The molecule has 0 heterocycles. The summed E-state index contributed by atoms with van der Waals surface area (Å²) in [5.74, 6) is -0.546. The highest BCUT2D eigenvalue weighted by Crippen LogP contribution is 2.12. The second-order valence-electron chi connectivity index (χ2n) is 8.23. The quantitative estimate of drug-likeness (QED) is 0.107. The Kier molecular flexibility index (Phi) is 17.1. The zero-order valence-electron chi connectivity index (χ0n) is 19.8. The number of aliphatic hydroxyl groups excluding tert-OH is 2. The fourth-order valence-electron chi connectivity index (χ4n) is 3.24. The molecule has 1 unspecified atom stereocenters. The summed E-state index contributed by atoms with van der Waals surface area (Å²) in [6, 6.07) is 7.83. The molecule has 1 aromatic rings. The minimum atomic E-state index is -1.04. The zero-order chi connectivity index (χ0) is 23.3. The van der Waals surface area contributed by atoms with E-state index in [1.807, 2.05) is 24.3 Å². The van der Waals surface area contributed by atoms with Crippen molar-refractivity contribution in [3.05, 3.63) is 48.1 Å². The van der Waals surface area contributed by atoms with Crippen LogP contribution in [0.3, 0.4) is 0 Å². The molecule has 0 radical (unpaired) electrons. The number of esters is 1. The molecule has 0 fully saturated rings. The molecule has 0 bridgehead atoms. The van der Waals surface area contributed by atoms with Gasteiger partial charge >= 0.3 is 5.97 Å². The normalized spacial score (nSPS) is 12.5. The Labute approximate surface area is 194 Å². The molecule has 32 heavy (non-hydrogen) atoms. The van der Waals surface area contributed by atoms with E-state index in [4.69, 9.17) is 14.9 Å². The first-order valence-electron chi connectivity index (χ1n) is 12.3. The van der Waals surface area contributed by atoms with Gasteiger partial charge in [-0.3, -0.25) is 0 Å². The number of benzene rings is 1. The summed E-state index contributed by atoms with van der Waals surface area (Å²) in [5.41, 5.74) is 1.94. The van der Waals surface area contributed by atoms with E-state index >= 15 is 0 Å². The van der Waals surface area contributed by atoms with Crippen molar-refractivity contribution in [1.29, 1.82) is 0 Å². The second-order valence-corrected chi connectivity index (χ2v) is 8.23. The van der Waals surface area contributed by atoms with Gasteiger partial charge in [-0.25, -0.2) is 4.79 Å². The number of anilines is 1. The lowest BCUT2D eigenvalue weighted by molar-refractivity contribution is -0.141. The minimum Gasteiger partial charge on any atom is -0.460 e. The van der Waals surface area contributed by atoms with Gasteiger partial charge in [-0.15, -0.1) is 0 Å². The van der Waals surface area contributed by atoms with Crippen molar-refractivity contribution in [2.45, 2.75) is 83.7 Å². The highest BCUT2D eigenvalue weighted by atomic mass is 16.5. The summed E-state index contributed by atoms with van der Waals surface area (Å²) in [6.45, 7) is 2.55. The number of nitrogens with one attached hydrogen (secondary N) is 1. The van der Waals surface area contributed by atoms with Crippen molar-refractivity contribution in [1.82, 2.24) is 0 Å². The van der Waals surface area contributed by atoms with E-state index in [-0.39, 0.29) is 6.61 Å². The monoisotopic (exact) mass is 445 g/mol. The van der Waals surface area contributed by atoms with E-state index < -0.39 is 18.7 Å². The maximum absolute atomic E-state index is 11.5. The molecule has 0 aliphatic carbocycles. The summed E-state index contributed by atoms with van der Waals surface area (Å²) in [7, 11) is 0. The van der Waals surface area contributed by atoms with E-state index in [9.17, 15) is 4.79 Å². The number of rotatable bonds is 19. The van der Waals surface area contributed by atoms with Gasteiger partial charge < -0.3 is 20.3 Å². The first kappa shape index (κ1) is 27.9. The Bertz CT molecular complexity index is 640. The standard InChI is InChI=1S/C27H43NO4/c1-2-3-4-5-6-7-8-9-10-11-12-13-14-21-28-25-18-15-24(16-19-25)17-20-27(31)32-23-26(30)22-29/h11-12,15-20,26,28-30H,2-10,13-14,21-23H2,1H3. The average molecular weight is 446 g/mol. The molecule has 180 valence electrons. The van der Waals surface area contributed by atoms with Gasteiger partial charge in [-0.1, -0.05) is 76.2 Å². The molecule has 1 atom stereocenters. The molecule has 0 aliphatic heterocycles. The molecule has 0 aliphatic rings. The van der Waals surface area contributed by atoms with Crippen molar-refractivity contribution >= 4 is 17.7 Å². The fourth-order valence-corrected chi connectivity index (χ4v) is 3.24. The van der Waals surface area contributed by atoms with E-state index in [1.165, 1.54) is 63.9 Å². The number of allylic oxidation sites excluding steroid dienone is 2. The van der Waals surface area contributed by atoms with Crippen LogP contribution < -0.4 is 5.32 Å². The number of unbranched alkanes of at least 4 members (excludes halogenated alkanes) is 9. The lowest BCUT2D eigenvalue weighted by atomic mass is 10.1. The van der Waals surface area contributed by atoms with Crippen molar-refractivity contribution in [3.63, 3.8) is 0 Å². The molecule has 0 saturated carbocycles. The van der Waals surface area contributed by atoms with Crippen molar-refractivity contribution in [2.75, 3.05) is 25.1 Å². The predicted octanol–water partition coefficient (Wildman–Crippen LogP) is 5.88. The van der Waals surface area contributed by atoms with Gasteiger partial charge in [0.15, 0.2) is 0 Å². The molecule has 0 amide bonds. The molecule has 0 spiro atoms. The number of aliphatic hydroxyl groups is 2. The third kappa shape index (κ3) is 15.7. The first-order valence-corrected chi connectivity index (χ1v) is 12.3. The minimum absolute atomic E-state index is 0.211.